The smallest absolute Gasteiger partial charge is 0.331 e. The molecular formula is C19H17NO3. The van der Waals surface area contributed by atoms with Crippen LogP contribution in [0.15, 0.2) is 59.8 Å². The molecule has 116 valence electrons. The number of allylic oxidation sites excluding steroid dienone is 1. The number of rotatable bonds is 3. The van der Waals surface area contributed by atoms with Gasteiger partial charge in [-0.15, -0.1) is 0 Å². The third-order valence-corrected chi connectivity index (χ3v) is 3.68. The van der Waals surface area contributed by atoms with Crippen molar-refractivity contribution in [2.24, 2.45) is 5.16 Å². The first-order valence-corrected chi connectivity index (χ1v) is 7.45. The Balaban J connectivity index is 2.26. The summed E-state index contributed by atoms with van der Waals surface area (Å²) in [6, 6.07) is 15.9. The molecule has 0 N–H and O–H groups in total. The van der Waals surface area contributed by atoms with E-state index in [9.17, 15) is 4.79 Å². The Labute approximate surface area is 135 Å². The summed E-state index contributed by atoms with van der Waals surface area (Å²) < 4.78 is 5.06. The van der Waals surface area contributed by atoms with Gasteiger partial charge in [0, 0.05) is 17.2 Å². The van der Waals surface area contributed by atoms with Crippen LogP contribution in [0, 0.1) is 0 Å². The molecule has 0 saturated heterocycles. The molecule has 3 rings (SSSR count). The van der Waals surface area contributed by atoms with Crippen LogP contribution in [-0.4, -0.2) is 25.4 Å². The van der Waals surface area contributed by atoms with Crippen LogP contribution in [0.4, 0.5) is 0 Å². The molecule has 0 bridgehead atoms. The third kappa shape index (κ3) is 2.75. The van der Waals surface area contributed by atoms with E-state index < -0.39 is 0 Å². The number of carbonyl (C=O) groups excluding carboxylic acids is 1. The summed E-state index contributed by atoms with van der Waals surface area (Å²) in [4.78, 5) is 17.0. The van der Waals surface area contributed by atoms with Gasteiger partial charge in [-0.2, -0.15) is 0 Å². The van der Waals surface area contributed by atoms with E-state index in [0.717, 1.165) is 22.3 Å². The average molecular weight is 307 g/mol. The second kappa shape index (κ2) is 6.48. The van der Waals surface area contributed by atoms with Gasteiger partial charge in [0.15, 0.2) is 0 Å². The van der Waals surface area contributed by atoms with Gasteiger partial charge in [0.25, 0.3) is 0 Å². The summed E-state index contributed by atoms with van der Waals surface area (Å²) in [7, 11) is 1.50. The van der Waals surface area contributed by atoms with Crippen molar-refractivity contribution in [1.82, 2.24) is 0 Å². The van der Waals surface area contributed by atoms with Crippen molar-refractivity contribution in [3.8, 4) is 11.1 Å². The summed E-state index contributed by atoms with van der Waals surface area (Å²) in [5.41, 5.74) is 5.35. The monoisotopic (exact) mass is 307 g/mol. The van der Waals surface area contributed by atoms with Gasteiger partial charge in [0.1, 0.15) is 12.8 Å². The number of carbonyl (C=O) groups is 1. The average Bonchev–Trinajstić information content (AvgIpc) is 2.58. The van der Waals surface area contributed by atoms with Crippen LogP contribution in [0.1, 0.15) is 18.1 Å². The van der Waals surface area contributed by atoms with E-state index in [0.29, 0.717) is 17.9 Å². The molecule has 1 aliphatic carbocycles. The van der Waals surface area contributed by atoms with Crippen LogP contribution in [-0.2, 0) is 14.4 Å². The number of oxime groups is 1. The molecule has 4 nitrogen and oxygen atoms in total. The van der Waals surface area contributed by atoms with Crippen LogP contribution < -0.4 is 0 Å². The predicted octanol–water partition coefficient (Wildman–Crippen LogP) is 3.66. The standard InChI is InChI=1S/C19H17NO3/c1-3-23-18(21)12-17-15-10-5-4-8-13(15)14-9-6-7-11-16(14)19(17)20-22-2/h4-12H,3H2,1-2H3/b17-12+,20-19+. The minimum atomic E-state index is -0.388. The lowest BCUT2D eigenvalue weighted by molar-refractivity contribution is -0.137. The van der Waals surface area contributed by atoms with Crippen molar-refractivity contribution in [2.75, 3.05) is 13.7 Å². The molecular weight excluding hydrogens is 290 g/mol. The number of esters is 1. The van der Waals surface area contributed by atoms with Crippen LogP contribution >= 0.6 is 0 Å². The minimum absolute atomic E-state index is 0.331. The molecule has 2 aromatic carbocycles. The molecule has 4 heteroatoms. The van der Waals surface area contributed by atoms with E-state index in [1.807, 2.05) is 48.5 Å². The molecule has 0 amide bonds. The molecule has 0 radical (unpaired) electrons. The first-order chi connectivity index (χ1) is 11.3. The summed E-state index contributed by atoms with van der Waals surface area (Å²) in [5.74, 6) is -0.388. The lowest BCUT2D eigenvalue weighted by Gasteiger charge is -2.23. The van der Waals surface area contributed by atoms with Crippen LogP contribution in [0.25, 0.3) is 16.7 Å². The number of hydrogen-bond donors (Lipinski definition) is 0. The number of benzene rings is 2. The van der Waals surface area contributed by atoms with E-state index in [1.165, 1.54) is 13.2 Å². The van der Waals surface area contributed by atoms with Crippen molar-refractivity contribution >= 4 is 17.3 Å². The Kier molecular flexibility index (Phi) is 4.24. The Hall–Kier alpha value is -2.88. The molecule has 0 heterocycles. The van der Waals surface area contributed by atoms with E-state index >= 15 is 0 Å². The molecule has 0 aliphatic heterocycles. The summed E-state index contributed by atoms with van der Waals surface area (Å²) in [6.45, 7) is 2.11. The van der Waals surface area contributed by atoms with E-state index in [4.69, 9.17) is 9.57 Å². The molecule has 1 aliphatic rings. The van der Waals surface area contributed by atoms with Crippen molar-refractivity contribution in [1.29, 1.82) is 0 Å². The van der Waals surface area contributed by atoms with Gasteiger partial charge in [0.2, 0.25) is 0 Å². The SMILES string of the molecule is CCOC(=O)/C=C1/C(=N/OC)c2ccccc2-c2ccccc21. The maximum Gasteiger partial charge on any atom is 0.331 e. The zero-order chi connectivity index (χ0) is 16.2. The molecule has 0 saturated carbocycles. The highest BCUT2D eigenvalue weighted by Gasteiger charge is 2.26. The highest BCUT2D eigenvalue weighted by atomic mass is 16.6. The minimum Gasteiger partial charge on any atom is -0.463 e. The molecule has 0 spiro atoms. The van der Waals surface area contributed by atoms with Crippen molar-refractivity contribution in [3.63, 3.8) is 0 Å². The number of fused-ring (bicyclic) bond motifs is 3. The maximum atomic E-state index is 12.0. The van der Waals surface area contributed by atoms with Gasteiger partial charge in [0.05, 0.1) is 6.61 Å². The van der Waals surface area contributed by atoms with Gasteiger partial charge in [-0.25, -0.2) is 4.79 Å². The second-order valence-corrected chi connectivity index (χ2v) is 5.02. The largest absolute Gasteiger partial charge is 0.463 e. The summed E-state index contributed by atoms with van der Waals surface area (Å²) in [5, 5.41) is 4.16. The van der Waals surface area contributed by atoms with E-state index in [-0.39, 0.29) is 5.97 Å². The van der Waals surface area contributed by atoms with Gasteiger partial charge < -0.3 is 9.57 Å². The number of ether oxygens (including phenoxy) is 1. The second-order valence-electron chi connectivity index (χ2n) is 5.02. The Morgan fingerprint density at radius 3 is 2.17 bits per heavy atom. The third-order valence-electron chi connectivity index (χ3n) is 3.68. The molecule has 2 aromatic rings. The van der Waals surface area contributed by atoms with Crippen LogP contribution in [0.3, 0.4) is 0 Å². The van der Waals surface area contributed by atoms with Crippen molar-refractivity contribution in [2.45, 2.75) is 6.92 Å². The van der Waals surface area contributed by atoms with Gasteiger partial charge in [-0.05, 0) is 23.6 Å². The Morgan fingerprint density at radius 1 is 1.00 bits per heavy atom. The maximum absolute atomic E-state index is 12.0. The highest BCUT2D eigenvalue weighted by molar-refractivity contribution is 6.38. The summed E-state index contributed by atoms with van der Waals surface area (Å²) in [6.07, 6.45) is 1.48. The first-order valence-electron chi connectivity index (χ1n) is 7.45. The fraction of sp³-hybridized carbons (Fsp3) is 0.158. The highest BCUT2D eigenvalue weighted by Crippen LogP contribution is 2.39. The van der Waals surface area contributed by atoms with Crippen LogP contribution in [0.5, 0.6) is 0 Å². The fourth-order valence-corrected chi connectivity index (χ4v) is 2.79. The van der Waals surface area contributed by atoms with Gasteiger partial charge >= 0.3 is 5.97 Å². The van der Waals surface area contributed by atoms with Gasteiger partial charge in [-0.1, -0.05) is 53.7 Å². The van der Waals surface area contributed by atoms with Crippen molar-refractivity contribution < 1.29 is 14.4 Å². The van der Waals surface area contributed by atoms with Crippen molar-refractivity contribution in [3.05, 3.63) is 65.7 Å². The molecule has 0 atom stereocenters. The zero-order valence-electron chi connectivity index (χ0n) is 13.1. The topological polar surface area (TPSA) is 47.9 Å². The lowest BCUT2D eigenvalue weighted by Crippen LogP contribution is -2.15. The molecule has 0 aromatic heterocycles. The first kappa shape index (κ1) is 15.0. The quantitative estimate of drug-likeness (QED) is 0.494. The zero-order valence-corrected chi connectivity index (χ0v) is 13.1. The Morgan fingerprint density at radius 2 is 1.57 bits per heavy atom. The predicted molar refractivity (Wildman–Crippen MR) is 90.0 cm³/mol. The molecule has 0 fully saturated rings. The molecule has 23 heavy (non-hydrogen) atoms. The molecule has 0 unspecified atom stereocenters. The number of hydrogen-bond acceptors (Lipinski definition) is 4. The van der Waals surface area contributed by atoms with E-state index in [2.05, 4.69) is 5.16 Å². The lowest BCUT2D eigenvalue weighted by atomic mass is 9.81. The summed E-state index contributed by atoms with van der Waals surface area (Å²) >= 11 is 0. The Bertz CT molecular complexity index is 806. The van der Waals surface area contributed by atoms with Gasteiger partial charge in [-0.3, -0.25) is 0 Å². The van der Waals surface area contributed by atoms with Crippen LogP contribution in [0.2, 0.25) is 0 Å². The number of nitrogens with zero attached hydrogens (tertiary/aromatic N) is 1. The van der Waals surface area contributed by atoms with E-state index in [1.54, 1.807) is 6.92 Å². The normalized spacial score (nSPS) is 15.9. The fourth-order valence-electron chi connectivity index (χ4n) is 2.79.